The van der Waals surface area contributed by atoms with Gasteiger partial charge in [-0.2, -0.15) is 0 Å². The summed E-state index contributed by atoms with van der Waals surface area (Å²) in [4.78, 5) is 21.2. The van der Waals surface area contributed by atoms with Crippen molar-refractivity contribution in [3.63, 3.8) is 0 Å². The maximum Gasteiger partial charge on any atom is 0.223 e. The van der Waals surface area contributed by atoms with Crippen LogP contribution in [0.3, 0.4) is 0 Å². The van der Waals surface area contributed by atoms with Gasteiger partial charge in [0.25, 0.3) is 0 Å². The van der Waals surface area contributed by atoms with Crippen molar-refractivity contribution in [2.24, 2.45) is 0 Å². The van der Waals surface area contributed by atoms with E-state index in [0.717, 1.165) is 12.1 Å². The van der Waals surface area contributed by atoms with E-state index in [1.807, 2.05) is 18.2 Å². The normalized spacial score (nSPS) is 21.0. The van der Waals surface area contributed by atoms with Crippen molar-refractivity contribution in [1.82, 2.24) is 9.97 Å². The lowest BCUT2D eigenvalue weighted by Gasteiger charge is -2.23. The molecule has 0 spiro atoms. The minimum atomic E-state index is 0.156. The molecule has 4 rings (SSSR count). The number of rotatable bonds is 3. The Labute approximate surface area is 123 Å². The number of fused-ring (bicyclic) bond motifs is 1. The van der Waals surface area contributed by atoms with Crippen LogP contribution in [0.1, 0.15) is 46.8 Å². The van der Waals surface area contributed by atoms with Gasteiger partial charge in [0.05, 0.1) is 11.3 Å². The van der Waals surface area contributed by atoms with E-state index in [1.165, 1.54) is 18.4 Å². The summed E-state index contributed by atoms with van der Waals surface area (Å²) in [5, 5.41) is 3.30. The molecule has 4 heteroatoms. The van der Waals surface area contributed by atoms with Gasteiger partial charge in [0.2, 0.25) is 5.95 Å². The monoisotopic (exact) mass is 279 g/mol. The van der Waals surface area contributed by atoms with Crippen LogP contribution in [-0.4, -0.2) is 21.8 Å². The molecule has 1 atom stereocenters. The molecule has 4 nitrogen and oxygen atoms in total. The number of hydrogen-bond acceptors (Lipinski definition) is 4. The van der Waals surface area contributed by atoms with E-state index in [-0.39, 0.29) is 11.7 Å². The number of aromatic nitrogens is 2. The first kappa shape index (κ1) is 12.5. The van der Waals surface area contributed by atoms with E-state index < -0.39 is 0 Å². The highest BCUT2D eigenvalue weighted by Gasteiger charge is 2.29. The van der Waals surface area contributed by atoms with Crippen molar-refractivity contribution in [2.45, 2.75) is 37.6 Å². The fourth-order valence-electron chi connectivity index (χ4n) is 2.89. The Bertz CT molecular complexity index is 680. The molecule has 2 aliphatic carbocycles. The molecule has 2 aromatic rings. The number of nitrogens with one attached hydrogen (secondary N) is 1. The average Bonchev–Trinajstić information content (AvgIpc) is 3.32. The zero-order valence-electron chi connectivity index (χ0n) is 11.7. The summed E-state index contributed by atoms with van der Waals surface area (Å²) in [7, 11) is 0. The molecule has 1 N–H and O–H groups in total. The summed E-state index contributed by atoms with van der Waals surface area (Å²) >= 11 is 0. The molecule has 1 aromatic carbocycles. The molecule has 0 radical (unpaired) electrons. The van der Waals surface area contributed by atoms with Crippen LogP contribution in [0.5, 0.6) is 0 Å². The van der Waals surface area contributed by atoms with Crippen molar-refractivity contribution in [1.29, 1.82) is 0 Å². The number of ketones is 1. The molecule has 106 valence electrons. The topological polar surface area (TPSA) is 54.9 Å². The Morgan fingerprint density at radius 2 is 1.90 bits per heavy atom. The summed E-state index contributed by atoms with van der Waals surface area (Å²) < 4.78 is 0. The van der Waals surface area contributed by atoms with Crippen molar-refractivity contribution in [2.75, 3.05) is 5.32 Å². The van der Waals surface area contributed by atoms with Gasteiger partial charge in [-0.3, -0.25) is 4.79 Å². The largest absolute Gasteiger partial charge is 0.351 e. The summed E-state index contributed by atoms with van der Waals surface area (Å²) in [5.41, 5.74) is 2.80. The van der Waals surface area contributed by atoms with Gasteiger partial charge in [0.15, 0.2) is 5.78 Å². The van der Waals surface area contributed by atoms with Crippen LogP contribution in [0, 0.1) is 0 Å². The van der Waals surface area contributed by atoms with E-state index >= 15 is 0 Å². The van der Waals surface area contributed by atoms with Crippen LogP contribution in [0.25, 0.3) is 0 Å². The van der Waals surface area contributed by atoms with Crippen LogP contribution in [-0.2, 0) is 6.42 Å². The number of hydrogen-bond donors (Lipinski definition) is 1. The Morgan fingerprint density at radius 1 is 1.10 bits per heavy atom. The predicted molar refractivity (Wildman–Crippen MR) is 80.5 cm³/mol. The number of carbonyl (C=O) groups is 1. The van der Waals surface area contributed by atoms with Crippen molar-refractivity contribution >= 4 is 11.7 Å². The van der Waals surface area contributed by atoms with Crippen LogP contribution in [0.4, 0.5) is 5.95 Å². The first-order chi connectivity index (χ1) is 10.3. The van der Waals surface area contributed by atoms with Gasteiger partial charge in [-0.15, -0.1) is 0 Å². The number of Topliss-reactive ketones (excluding diaryl/α,β-unsaturated/α-hetero) is 1. The van der Waals surface area contributed by atoms with Crippen LogP contribution >= 0.6 is 0 Å². The molecule has 1 saturated carbocycles. The summed E-state index contributed by atoms with van der Waals surface area (Å²) in [5.74, 6) is 1.05. The third-order valence-corrected chi connectivity index (χ3v) is 4.22. The molecular formula is C17H17N3O. The van der Waals surface area contributed by atoms with Crippen molar-refractivity contribution in [3.8, 4) is 0 Å². The molecule has 0 unspecified atom stereocenters. The molecule has 1 heterocycles. The molecule has 0 aliphatic heterocycles. The minimum absolute atomic E-state index is 0.156. The van der Waals surface area contributed by atoms with Gasteiger partial charge >= 0.3 is 0 Å². The van der Waals surface area contributed by atoms with Gasteiger partial charge in [-0.25, -0.2) is 9.97 Å². The van der Waals surface area contributed by atoms with Crippen molar-refractivity contribution < 1.29 is 4.79 Å². The number of nitrogens with zero attached hydrogens (tertiary/aromatic N) is 2. The SMILES string of the molecule is O=C1C[C@@H](c2ccccc2)Cc2nc(NC3CC3)ncc21. The molecule has 1 aromatic heterocycles. The number of anilines is 1. The van der Waals surface area contributed by atoms with Gasteiger partial charge in [-0.1, -0.05) is 30.3 Å². The summed E-state index contributed by atoms with van der Waals surface area (Å²) in [6, 6.07) is 10.8. The third-order valence-electron chi connectivity index (χ3n) is 4.22. The van der Waals surface area contributed by atoms with Gasteiger partial charge in [0, 0.05) is 18.7 Å². The Balaban J connectivity index is 1.63. The van der Waals surface area contributed by atoms with Gasteiger partial charge < -0.3 is 5.32 Å². The molecule has 0 bridgehead atoms. The number of benzene rings is 1. The Morgan fingerprint density at radius 3 is 2.67 bits per heavy atom. The summed E-state index contributed by atoms with van der Waals surface area (Å²) in [6.45, 7) is 0. The molecule has 1 fully saturated rings. The molecule has 0 amide bonds. The fraction of sp³-hybridized carbons (Fsp3) is 0.353. The standard InChI is InChI=1S/C17H17N3O/c21-16-9-12(11-4-2-1-3-5-11)8-15-14(16)10-18-17(20-15)19-13-6-7-13/h1-5,10,12-13H,6-9H2,(H,18,19,20)/t12-/m0/s1. The lowest BCUT2D eigenvalue weighted by molar-refractivity contribution is 0.0962. The zero-order valence-corrected chi connectivity index (χ0v) is 11.7. The van der Waals surface area contributed by atoms with E-state index in [2.05, 4.69) is 27.4 Å². The van der Waals surface area contributed by atoms with Crippen LogP contribution in [0.15, 0.2) is 36.5 Å². The van der Waals surface area contributed by atoms with Gasteiger partial charge in [0.1, 0.15) is 0 Å². The molecule has 21 heavy (non-hydrogen) atoms. The Hall–Kier alpha value is -2.23. The minimum Gasteiger partial charge on any atom is -0.351 e. The number of carbonyl (C=O) groups excluding carboxylic acids is 1. The van der Waals surface area contributed by atoms with E-state index in [4.69, 9.17) is 0 Å². The highest BCUT2D eigenvalue weighted by molar-refractivity contribution is 5.98. The predicted octanol–water partition coefficient (Wildman–Crippen LogP) is 2.96. The smallest absolute Gasteiger partial charge is 0.223 e. The highest BCUT2D eigenvalue weighted by atomic mass is 16.1. The second kappa shape index (κ2) is 4.95. The van der Waals surface area contributed by atoms with E-state index in [0.29, 0.717) is 24.0 Å². The van der Waals surface area contributed by atoms with Crippen molar-refractivity contribution in [3.05, 3.63) is 53.3 Å². The molecule has 0 saturated heterocycles. The summed E-state index contributed by atoms with van der Waals surface area (Å²) in [6.07, 6.45) is 5.43. The zero-order chi connectivity index (χ0) is 14.2. The quantitative estimate of drug-likeness (QED) is 0.938. The van der Waals surface area contributed by atoms with E-state index in [9.17, 15) is 4.79 Å². The maximum absolute atomic E-state index is 12.3. The third kappa shape index (κ3) is 2.53. The molecular weight excluding hydrogens is 262 g/mol. The second-order valence-electron chi connectivity index (χ2n) is 5.91. The Kier molecular flexibility index (Phi) is 2.95. The molecule has 2 aliphatic rings. The lowest BCUT2D eigenvalue weighted by Crippen LogP contribution is -2.21. The van der Waals surface area contributed by atoms with E-state index in [1.54, 1.807) is 6.20 Å². The second-order valence-corrected chi connectivity index (χ2v) is 5.91. The van der Waals surface area contributed by atoms with Gasteiger partial charge in [-0.05, 0) is 30.7 Å². The maximum atomic E-state index is 12.3. The average molecular weight is 279 g/mol. The fourth-order valence-corrected chi connectivity index (χ4v) is 2.89. The first-order valence-corrected chi connectivity index (χ1v) is 7.50. The highest BCUT2D eigenvalue weighted by Crippen LogP contribution is 2.32. The van der Waals surface area contributed by atoms with Crippen LogP contribution in [0.2, 0.25) is 0 Å². The lowest BCUT2D eigenvalue weighted by atomic mass is 9.82. The van der Waals surface area contributed by atoms with Crippen LogP contribution < -0.4 is 5.32 Å². The first-order valence-electron chi connectivity index (χ1n) is 7.50.